The van der Waals surface area contributed by atoms with Crippen molar-refractivity contribution in [2.45, 2.75) is 33.7 Å². The first kappa shape index (κ1) is 44.0. The first-order chi connectivity index (χ1) is 28.8. The van der Waals surface area contributed by atoms with Crippen molar-refractivity contribution in [2.24, 2.45) is 0 Å². The van der Waals surface area contributed by atoms with E-state index >= 15 is 0 Å². The van der Waals surface area contributed by atoms with Crippen molar-refractivity contribution < 1.29 is 48.1 Å². The Morgan fingerprint density at radius 1 is 0.393 bits per heavy atom. The molecule has 0 aliphatic carbocycles. The van der Waals surface area contributed by atoms with Crippen molar-refractivity contribution in [3.05, 3.63) is 216 Å². The second-order valence-electron chi connectivity index (χ2n) is 15.9. The third-order valence-corrected chi connectivity index (χ3v) is 13.9. The number of rotatable bonds is 4. The molecule has 61 heavy (non-hydrogen) atoms. The van der Waals surface area contributed by atoms with Crippen LogP contribution in [0.2, 0.25) is 0 Å². The van der Waals surface area contributed by atoms with Crippen LogP contribution in [0.25, 0.3) is 86.9 Å². The van der Waals surface area contributed by atoms with E-state index in [-0.39, 0.29) is 24.8 Å². The monoisotopic (exact) mass is 918 g/mol. The topological polar surface area (TPSA) is 0 Å². The van der Waals surface area contributed by atoms with Gasteiger partial charge in [-0.25, -0.2) is 0 Å². The Balaban J connectivity index is 0.000000149. The second kappa shape index (κ2) is 19.3. The number of fused-ring (bicyclic) bond motifs is 6. The summed E-state index contributed by atoms with van der Waals surface area (Å²) in [5.41, 5.74) is 12.2. The van der Waals surface area contributed by atoms with E-state index in [0.717, 1.165) is 0 Å². The van der Waals surface area contributed by atoms with Crippen LogP contribution in [0.15, 0.2) is 188 Å². The fraction of sp³-hybridized carbons (Fsp3) is 0.0877. The van der Waals surface area contributed by atoms with Gasteiger partial charge in [0, 0.05) is 0 Å². The fourth-order valence-corrected chi connectivity index (χ4v) is 11.1. The molecule has 0 amide bonds. The number of hydrogen-bond donors (Lipinski definition) is 0. The molecule has 298 valence electrons. The quantitative estimate of drug-likeness (QED) is 0.0939. The average Bonchev–Trinajstić information content (AvgIpc) is 3.83. The van der Waals surface area contributed by atoms with Crippen LogP contribution in [0.3, 0.4) is 0 Å². The summed E-state index contributed by atoms with van der Waals surface area (Å²) in [5.74, 6) is 0. The minimum absolute atomic E-state index is 0. The molecule has 0 fully saturated rings. The molecule has 0 spiro atoms. The first-order valence-corrected chi connectivity index (χ1v) is 26.2. The molecule has 0 saturated heterocycles. The zero-order valence-corrected chi connectivity index (χ0v) is 40.1. The van der Waals surface area contributed by atoms with Gasteiger partial charge in [-0.15, -0.1) is 69.1 Å². The van der Waals surface area contributed by atoms with Gasteiger partial charge in [0.2, 0.25) is 0 Å². The number of aryl methyl sites for hydroxylation is 4. The van der Waals surface area contributed by atoms with Gasteiger partial charge in [0.15, 0.2) is 0 Å². The summed E-state index contributed by atoms with van der Waals surface area (Å²) in [6, 6.07) is 70.0. The summed E-state index contributed by atoms with van der Waals surface area (Å²) < 4.78 is 0. The van der Waals surface area contributed by atoms with Crippen LogP contribution in [-0.2, 0) is 29.4 Å². The molecule has 0 aliphatic rings. The molecule has 4 heteroatoms. The van der Waals surface area contributed by atoms with Crippen molar-refractivity contribution in [3.8, 4) is 22.3 Å². The van der Waals surface area contributed by atoms with E-state index in [2.05, 4.69) is 216 Å². The summed E-state index contributed by atoms with van der Waals surface area (Å²) in [7, 11) is 0. The Morgan fingerprint density at radius 3 is 1.21 bits per heavy atom. The molecule has 11 aromatic carbocycles. The van der Waals surface area contributed by atoms with E-state index < -0.39 is 0 Å². The SMILES string of the molecule is Cc1cc2c(-c3cccc4cc5ccccc5cc34)c(C)ccc2[cH-]1.Cc1cc2c(-c3cccc4cc5ccccc5cc34)c(C)ccc2[cH-]1.[Cl-].[Cl-].[Zr+2]=[SiH]Cc1ccccc1. The summed E-state index contributed by atoms with van der Waals surface area (Å²) in [6.07, 6.45) is 0.715. The van der Waals surface area contributed by atoms with Crippen LogP contribution in [0.4, 0.5) is 0 Å². The van der Waals surface area contributed by atoms with Crippen molar-refractivity contribution in [2.75, 3.05) is 0 Å². The van der Waals surface area contributed by atoms with E-state index in [0.29, 0.717) is 6.16 Å². The molecular weight excluding hydrogens is 875 g/mol. The van der Waals surface area contributed by atoms with Gasteiger partial charge in [0.25, 0.3) is 0 Å². The predicted molar refractivity (Wildman–Crippen MR) is 256 cm³/mol. The van der Waals surface area contributed by atoms with Gasteiger partial charge < -0.3 is 24.8 Å². The third kappa shape index (κ3) is 9.11. The second-order valence-corrected chi connectivity index (χ2v) is 19.8. The van der Waals surface area contributed by atoms with Gasteiger partial charge in [0.1, 0.15) is 0 Å². The van der Waals surface area contributed by atoms with Gasteiger partial charge in [-0.2, -0.15) is 12.1 Å². The van der Waals surface area contributed by atoms with E-state index in [4.69, 9.17) is 0 Å². The number of benzene rings is 9. The minimum atomic E-state index is 0. The van der Waals surface area contributed by atoms with Crippen LogP contribution in [-0.4, -0.2) is 6.16 Å². The van der Waals surface area contributed by atoms with Gasteiger partial charge in [-0.3, -0.25) is 0 Å². The van der Waals surface area contributed by atoms with Crippen molar-refractivity contribution >= 4 is 70.8 Å². The van der Waals surface area contributed by atoms with Crippen LogP contribution in [0.5, 0.6) is 0 Å². The molecule has 0 nitrogen and oxygen atoms in total. The van der Waals surface area contributed by atoms with Crippen molar-refractivity contribution in [1.82, 2.24) is 0 Å². The molecule has 0 unspecified atom stereocenters. The van der Waals surface area contributed by atoms with Crippen molar-refractivity contribution in [3.63, 3.8) is 0 Å². The van der Waals surface area contributed by atoms with Gasteiger partial charge in [0.05, 0.1) is 0 Å². The van der Waals surface area contributed by atoms with Gasteiger partial charge in [-0.1, -0.05) is 121 Å². The Labute approximate surface area is 387 Å². The molecule has 11 aromatic rings. The van der Waals surface area contributed by atoms with Crippen LogP contribution in [0, 0.1) is 27.7 Å². The Hall–Kier alpha value is -5.08. The third-order valence-electron chi connectivity index (χ3n) is 11.7. The molecule has 0 aliphatic heterocycles. The number of hydrogen-bond acceptors (Lipinski definition) is 0. The van der Waals surface area contributed by atoms with Crippen LogP contribution >= 0.6 is 0 Å². The Bertz CT molecular complexity index is 3120. The Kier molecular flexibility index (Phi) is 13.9. The van der Waals surface area contributed by atoms with Crippen molar-refractivity contribution in [1.29, 1.82) is 0 Å². The van der Waals surface area contributed by atoms with E-state index in [1.807, 2.05) is 0 Å². The van der Waals surface area contributed by atoms with Gasteiger partial charge >= 0.3 is 71.4 Å². The van der Waals surface area contributed by atoms with Gasteiger partial charge in [-0.05, 0) is 92.3 Å². The molecule has 0 bridgehead atoms. The van der Waals surface area contributed by atoms with Crippen LogP contribution < -0.4 is 24.8 Å². The summed E-state index contributed by atoms with van der Waals surface area (Å²) in [4.78, 5) is 0. The maximum atomic E-state index is 2.34. The summed E-state index contributed by atoms with van der Waals surface area (Å²) >= 11 is 1.72. The number of halogens is 2. The summed E-state index contributed by atoms with van der Waals surface area (Å²) in [5, 5.41) is 15.8. The van der Waals surface area contributed by atoms with E-state index in [1.165, 1.54) is 121 Å². The fourth-order valence-electron chi connectivity index (χ4n) is 8.90. The zero-order chi connectivity index (χ0) is 40.5. The predicted octanol–water partition coefficient (Wildman–Crippen LogP) is 9.39. The molecule has 0 N–H and O–H groups in total. The first-order valence-electron chi connectivity index (χ1n) is 20.5. The van der Waals surface area contributed by atoms with E-state index in [1.54, 1.807) is 23.3 Å². The standard InChI is InChI=1S/2C25H19.C7H8Si.2ClH.Zr/c2*1-16-12-21-11-10-17(2)25(24(21)13-16)22-9-5-8-20-14-18-6-3-4-7-19(18)15-23(20)22;8-6-7-4-2-1-3-5-7;;;/h2*3-15H,1-2H3;1-5,8H,6H2;2*1H;/q2*-1;;;;+2/p-2. The normalized spacial score (nSPS) is 10.9. The molecular formula is C57H46Cl2SiZr-2. The zero-order valence-electron chi connectivity index (χ0n) is 34.9. The molecule has 0 saturated carbocycles. The average molecular weight is 921 g/mol. The maximum absolute atomic E-state index is 2.34. The van der Waals surface area contributed by atoms with Crippen LogP contribution in [0.1, 0.15) is 27.8 Å². The van der Waals surface area contributed by atoms with E-state index in [9.17, 15) is 0 Å². The molecule has 0 aromatic heterocycles. The Morgan fingerprint density at radius 2 is 0.787 bits per heavy atom. The molecule has 11 rings (SSSR count). The molecule has 0 heterocycles. The molecule has 0 radical (unpaired) electrons. The molecule has 0 atom stereocenters. The summed E-state index contributed by atoms with van der Waals surface area (Å²) in [6.45, 7) is 8.79.